The first-order valence-corrected chi connectivity index (χ1v) is 6.67. The number of aromatic nitrogens is 2. The van der Waals surface area contributed by atoms with Crippen LogP contribution in [0.2, 0.25) is 0 Å². The van der Waals surface area contributed by atoms with Crippen molar-refractivity contribution >= 4 is 5.91 Å². The first-order valence-electron chi connectivity index (χ1n) is 6.67. The third kappa shape index (κ3) is 3.32. The van der Waals surface area contributed by atoms with Gasteiger partial charge in [0, 0.05) is 31.4 Å². The van der Waals surface area contributed by atoms with Crippen molar-refractivity contribution in [2.45, 2.75) is 44.7 Å². The molecular weight excluding hydrogens is 228 g/mol. The largest absolute Gasteiger partial charge is 0.369 e. The number of amides is 1. The summed E-state index contributed by atoms with van der Waals surface area (Å²) in [4.78, 5) is 11.5. The number of aryl methyl sites for hydroxylation is 1. The Morgan fingerprint density at radius 3 is 2.94 bits per heavy atom. The summed E-state index contributed by atoms with van der Waals surface area (Å²) >= 11 is 0. The van der Waals surface area contributed by atoms with Gasteiger partial charge in [-0.05, 0) is 12.8 Å². The summed E-state index contributed by atoms with van der Waals surface area (Å²) in [6.07, 6.45) is 9.28. The maximum Gasteiger partial charge on any atom is 0.222 e. The standard InChI is InChI=1S/C13H22N4O/c1-17-9-10(8-16-17)7-15-12-6-4-2-3-5-11(12)13(14)18/h8-9,11-12,15H,2-7H2,1H3,(H2,14,18)/t11-,12-/m0/s1. The van der Waals surface area contributed by atoms with Gasteiger partial charge in [0.25, 0.3) is 0 Å². The molecule has 2 atom stereocenters. The summed E-state index contributed by atoms with van der Waals surface area (Å²) in [7, 11) is 1.90. The Morgan fingerprint density at radius 1 is 1.50 bits per heavy atom. The molecule has 3 N–H and O–H groups in total. The van der Waals surface area contributed by atoms with E-state index in [2.05, 4.69) is 10.4 Å². The van der Waals surface area contributed by atoms with E-state index in [1.807, 2.05) is 19.4 Å². The average Bonchev–Trinajstić information content (AvgIpc) is 2.62. The summed E-state index contributed by atoms with van der Waals surface area (Å²) in [6, 6.07) is 0.213. The minimum absolute atomic E-state index is 0.0239. The van der Waals surface area contributed by atoms with E-state index < -0.39 is 0 Å². The van der Waals surface area contributed by atoms with Gasteiger partial charge in [0.1, 0.15) is 0 Å². The number of rotatable bonds is 4. The Morgan fingerprint density at radius 2 is 2.28 bits per heavy atom. The van der Waals surface area contributed by atoms with Gasteiger partial charge in [0.2, 0.25) is 5.91 Å². The predicted octanol–water partition coefficient (Wildman–Crippen LogP) is 0.944. The molecule has 100 valence electrons. The van der Waals surface area contributed by atoms with Crippen LogP contribution >= 0.6 is 0 Å². The molecule has 2 rings (SSSR count). The molecule has 0 aromatic carbocycles. The van der Waals surface area contributed by atoms with Crippen LogP contribution in [0.5, 0.6) is 0 Å². The fourth-order valence-corrected chi connectivity index (χ4v) is 2.70. The second kappa shape index (κ2) is 6.00. The summed E-state index contributed by atoms with van der Waals surface area (Å²) < 4.78 is 1.79. The molecule has 5 nitrogen and oxygen atoms in total. The zero-order valence-electron chi connectivity index (χ0n) is 10.9. The van der Waals surface area contributed by atoms with Gasteiger partial charge < -0.3 is 11.1 Å². The van der Waals surface area contributed by atoms with Crippen molar-refractivity contribution in [1.29, 1.82) is 0 Å². The normalized spacial score (nSPS) is 24.7. The van der Waals surface area contributed by atoms with Crippen molar-refractivity contribution in [3.63, 3.8) is 0 Å². The van der Waals surface area contributed by atoms with Crippen LogP contribution in [-0.4, -0.2) is 21.7 Å². The van der Waals surface area contributed by atoms with Crippen molar-refractivity contribution in [3.8, 4) is 0 Å². The molecule has 18 heavy (non-hydrogen) atoms. The van der Waals surface area contributed by atoms with E-state index >= 15 is 0 Å². The maximum atomic E-state index is 11.5. The van der Waals surface area contributed by atoms with E-state index in [-0.39, 0.29) is 17.9 Å². The first-order chi connectivity index (χ1) is 8.66. The van der Waals surface area contributed by atoms with Crippen molar-refractivity contribution in [2.75, 3.05) is 0 Å². The van der Waals surface area contributed by atoms with Gasteiger partial charge in [-0.2, -0.15) is 5.10 Å². The van der Waals surface area contributed by atoms with Crippen LogP contribution in [0.4, 0.5) is 0 Å². The number of carbonyl (C=O) groups is 1. The molecule has 0 saturated heterocycles. The lowest BCUT2D eigenvalue weighted by atomic mass is 9.94. The quantitative estimate of drug-likeness (QED) is 0.781. The van der Waals surface area contributed by atoms with E-state index in [0.717, 1.165) is 31.4 Å². The van der Waals surface area contributed by atoms with Crippen LogP contribution in [-0.2, 0) is 18.4 Å². The zero-order chi connectivity index (χ0) is 13.0. The third-order valence-corrected chi connectivity index (χ3v) is 3.71. The molecular formula is C13H22N4O. The van der Waals surface area contributed by atoms with Crippen molar-refractivity contribution in [1.82, 2.24) is 15.1 Å². The van der Waals surface area contributed by atoms with Crippen LogP contribution in [0.15, 0.2) is 12.4 Å². The lowest BCUT2D eigenvalue weighted by Crippen LogP contribution is -2.41. The molecule has 1 heterocycles. The Balaban J connectivity index is 1.94. The molecule has 0 unspecified atom stereocenters. The first kappa shape index (κ1) is 13.1. The number of hydrogen-bond acceptors (Lipinski definition) is 3. The lowest BCUT2D eigenvalue weighted by molar-refractivity contribution is -0.122. The number of nitrogens with zero attached hydrogens (tertiary/aromatic N) is 2. The molecule has 1 aliphatic carbocycles. The van der Waals surface area contributed by atoms with Gasteiger partial charge in [0.15, 0.2) is 0 Å². The van der Waals surface area contributed by atoms with E-state index in [4.69, 9.17) is 5.73 Å². The molecule has 0 bridgehead atoms. The van der Waals surface area contributed by atoms with E-state index in [0.29, 0.717) is 0 Å². The fraction of sp³-hybridized carbons (Fsp3) is 0.692. The maximum absolute atomic E-state index is 11.5. The van der Waals surface area contributed by atoms with E-state index in [1.54, 1.807) is 4.68 Å². The second-order valence-corrected chi connectivity index (χ2v) is 5.16. The summed E-state index contributed by atoms with van der Waals surface area (Å²) in [5.41, 5.74) is 6.65. The predicted molar refractivity (Wildman–Crippen MR) is 69.6 cm³/mol. The summed E-state index contributed by atoms with van der Waals surface area (Å²) in [6.45, 7) is 0.752. The van der Waals surface area contributed by atoms with Crippen LogP contribution in [0, 0.1) is 5.92 Å². The molecule has 0 spiro atoms. The molecule has 5 heteroatoms. The molecule has 1 saturated carbocycles. The van der Waals surface area contributed by atoms with Crippen LogP contribution < -0.4 is 11.1 Å². The second-order valence-electron chi connectivity index (χ2n) is 5.16. The van der Waals surface area contributed by atoms with Crippen LogP contribution in [0.1, 0.15) is 37.7 Å². The lowest BCUT2D eigenvalue weighted by Gasteiger charge is -2.23. The van der Waals surface area contributed by atoms with E-state index in [9.17, 15) is 4.79 Å². The molecule has 1 aromatic rings. The molecule has 0 aliphatic heterocycles. The highest BCUT2D eigenvalue weighted by molar-refractivity contribution is 5.77. The molecule has 1 aliphatic rings. The molecule has 0 radical (unpaired) electrons. The van der Waals surface area contributed by atoms with E-state index in [1.165, 1.54) is 12.8 Å². The molecule has 1 fully saturated rings. The highest BCUT2D eigenvalue weighted by atomic mass is 16.1. The average molecular weight is 250 g/mol. The number of hydrogen-bond donors (Lipinski definition) is 2. The summed E-state index contributed by atoms with van der Waals surface area (Å²) in [5.74, 6) is -0.190. The third-order valence-electron chi connectivity index (χ3n) is 3.71. The van der Waals surface area contributed by atoms with Crippen LogP contribution in [0.25, 0.3) is 0 Å². The Hall–Kier alpha value is -1.36. The van der Waals surface area contributed by atoms with Gasteiger partial charge in [-0.1, -0.05) is 19.3 Å². The highest BCUT2D eigenvalue weighted by Crippen LogP contribution is 2.23. The Bertz CT molecular complexity index is 401. The van der Waals surface area contributed by atoms with Crippen molar-refractivity contribution in [2.24, 2.45) is 18.7 Å². The SMILES string of the molecule is Cn1cc(CN[C@H]2CCCCC[C@@H]2C(N)=O)cn1. The fourth-order valence-electron chi connectivity index (χ4n) is 2.70. The minimum Gasteiger partial charge on any atom is -0.369 e. The van der Waals surface area contributed by atoms with Crippen LogP contribution in [0.3, 0.4) is 0 Å². The minimum atomic E-state index is -0.166. The molecule has 1 aromatic heterocycles. The molecule has 1 amide bonds. The van der Waals surface area contributed by atoms with Gasteiger partial charge in [-0.25, -0.2) is 0 Å². The topological polar surface area (TPSA) is 72.9 Å². The number of nitrogens with one attached hydrogen (secondary N) is 1. The Kier molecular flexibility index (Phi) is 4.36. The van der Waals surface area contributed by atoms with Gasteiger partial charge >= 0.3 is 0 Å². The Labute approximate surface area is 108 Å². The monoisotopic (exact) mass is 250 g/mol. The number of nitrogens with two attached hydrogens (primary N) is 1. The van der Waals surface area contributed by atoms with Gasteiger partial charge in [-0.3, -0.25) is 9.48 Å². The smallest absolute Gasteiger partial charge is 0.222 e. The number of primary amides is 1. The summed E-state index contributed by atoms with van der Waals surface area (Å²) in [5, 5.41) is 7.61. The van der Waals surface area contributed by atoms with Gasteiger partial charge in [0.05, 0.1) is 12.1 Å². The number of carbonyl (C=O) groups excluding carboxylic acids is 1. The van der Waals surface area contributed by atoms with Crippen molar-refractivity contribution < 1.29 is 4.79 Å². The van der Waals surface area contributed by atoms with Gasteiger partial charge in [-0.15, -0.1) is 0 Å². The van der Waals surface area contributed by atoms with Crippen molar-refractivity contribution in [3.05, 3.63) is 18.0 Å². The zero-order valence-corrected chi connectivity index (χ0v) is 10.9. The highest BCUT2D eigenvalue weighted by Gasteiger charge is 2.27.